The first kappa shape index (κ1) is 19.1. The number of esters is 1. The largest absolute Gasteiger partial charge is 0.449 e. The monoisotopic (exact) mass is 395 g/mol. The number of amides is 1. The number of halogens is 1. The zero-order valence-electron chi connectivity index (χ0n) is 14.7. The zero-order valence-corrected chi connectivity index (χ0v) is 15.4. The highest BCUT2D eigenvalue weighted by molar-refractivity contribution is 6.32. The first-order valence-electron chi connectivity index (χ1n) is 8.22. The number of para-hydroxylation sites is 1. The highest BCUT2D eigenvalue weighted by atomic mass is 35.5. The van der Waals surface area contributed by atoms with E-state index in [1.54, 1.807) is 24.3 Å². The third-order valence-corrected chi connectivity index (χ3v) is 4.29. The first-order valence-corrected chi connectivity index (χ1v) is 8.60. The van der Waals surface area contributed by atoms with Crippen LogP contribution in [0.3, 0.4) is 0 Å². The van der Waals surface area contributed by atoms with Gasteiger partial charge in [0, 0.05) is 22.7 Å². The number of hydrogen-bond donors (Lipinski definition) is 2. The molecule has 0 saturated carbocycles. The molecule has 3 aromatic rings. The van der Waals surface area contributed by atoms with Crippen molar-refractivity contribution in [1.29, 1.82) is 5.26 Å². The molecule has 0 fully saturated rings. The normalized spacial score (nSPS) is 11.5. The maximum absolute atomic E-state index is 12.5. The molecule has 0 bridgehead atoms. The number of rotatable bonds is 4. The Kier molecular flexibility index (Phi) is 5.43. The maximum Gasteiger partial charge on any atom is 0.339 e. The molecule has 2 N–H and O–H groups in total. The van der Waals surface area contributed by atoms with Crippen molar-refractivity contribution in [2.75, 3.05) is 5.32 Å². The number of nitrogens with one attached hydrogen (secondary N) is 2. The molecular weight excluding hydrogens is 382 g/mol. The molecule has 7 nitrogen and oxygen atoms in total. The Hall–Kier alpha value is -3.63. The second kappa shape index (κ2) is 7.94. The van der Waals surface area contributed by atoms with Gasteiger partial charge in [-0.2, -0.15) is 5.26 Å². The number of nitriles is 1. The molecule has 0 aliphatic rings. The fraction of sp³-hybridized carbons (Fsp3) is 0.100. The van der Waals surface area contributed by atoms with Gasteiger partial charge >= 0.3 is 5.97 Å². The Morgan fingerprint density at radius 2 is 1.96 bits per heavy atom. The number of pyridine rings is 1. The van der Waals surface area contributed by atoms with Crippen LogP contribution in [0.1, 0.15) is 22.8 Å². The van der Waals surface area contributed by atoms with Gasteiger partial charge in [0.15, 0.2) is 6.10 Å². The van der Waals surface area contributed by atoms with Gasteiger partial charge in [-0.05, 0) is 31.2 Å². The van der Waals surface area contributed by atoms with Gasteiger partial charge in [0.1, 0.15) is 6.07 Å². The van der Waals surface area contributed by atoms with E-state index >= 15 is 0 Å². The van der Waals surface area contributed by atoms with E-state index in [0.29, 0.717) is 16.6 Å². The van der Waals surface area contributed by atoms with Crippen LogP contribution in [0.2, 0.25) is 5.02 Å². The molecular formula is C20H14ClN3O4. The molecule has 2 aromatic carbocycles. The van der Waals surface area contributed by atoms with Crippen molar-refractivity contribution in [3.8, 4) is 6.07 Å². The quantitative estimate of drug-likeness (QED) is 0.658. The Morgan fingerprint density at radius 3 is 2.68 bits per heavy atom. The molecule has 1 aromatic heterocycles. The minimum atomic E-state index is -1.13. The van der Waals surface area contributed by atoms with Crippen LogP contribution in [0.15, 0.2) is 53.3 Å². The SMILES string of the molecule is CC(OC(=O)c1cc(=O)[nH]c2ccccc12)C(=O)Nc1ccc(C#N)c(Cl)c1. The molecule has 28 heavy (non-hydrogen) atoms. The summed E-state index contributed by atoms with van der Waals surface area (Å²) in [6, 6.07) is 14.3. The molecule has 0 aliphatic heterocycles. The van der Waals surface area contributed by atoms with Crippen LogP contribution in [-0.2, 0) is 9.53 Å². The highest BCUT2D eigenvalue weighted by Crippen LogP contribution is 2.21. The van der Waals surface area contributed by atoms with Gasteiger partial charge in [0.05, 0.1) is 16.1 Å². The van der Waals surface area contributed by atoms with Crippen molar-refractivity contribution in [2.24, 2.45) is 0 Å². The van der Waals surface area contributed by atoms with Crippen molar-refractivity contribution in [1.82, 2.24) is 4.98 Å². The maximum atomic E-state index is 12.5. The van der Waals surface area contributed by atoms with E-state index in [1.807, 2.05) is 6.07 Å². The second-order valence-electron chi connectivity index (χ2n) is 5.94. The van der Waals surface area contributed by atoms with Crippen LogP contribution < -0.4 is 10.9 Å². The van der Waals surface area contributed by atoms with Gasteiger partial charge in [0.25, 0.3) is 5.91 Å². The van der Waals surface area contributed by atoms with Gasteiger partial charge in [-0.15, -0.1) is 0 Å². The standard InChI is InChI=1S/C20H14ClN3O4/c1-11(19(26)23-13-7-6-12(10-22)16(21)8-13)28-20(27)15-9-18(25)24-17-5-3-2-4-14(15)17/h2-9,11H,1H3,(H,23,26)(H,24,25). The minimum Gasteiger partial charge on any atom is -0.449 e. The summed E-state index contributed by atoms with van der Waals surface area (Å²) in [5.74, 6) is -1.37. The predicted molar refractivity (Wildman–Crippen MR) is 104 cm³/mol. The summed E-state index contributed by atoms with van der Waals surface area (Å²) in [6.45, 7) is 1.41. The van der Waals surface area contributed by atoms with E-state index in [0.717, 1.165) is 6.07 Å². The van der Waals surface area contributed by atoms with E-state index in [2.05, 4.69) is 10.3 Å². The van der Waals surface area contributed by atoms with E-state index in [4.69, 9.17) is 21.6 Å². The lowest BCUT2D eigenvalue weighted by atomic mass is 10.1. The van der Waals surface area contributed by atoms with E-state index < -0.39 is 23.5 Å². The number of aromatic nitrogens is 1. The highest BCUT2D eigenvalue weighted by Gasteiger charge is 2.21. The summed E-state index contributed by atoms with van der Waals surface area (Å²) in [7, 11) is 0. The number of aromatic amines is 1. The van der Waals surface area contributed by atoms with Crippen LogP contribution in [0.5, 0.6) is 0 Å². The molecule has 0 aliphatic carbocycles. The molecule has 0 spiro atoms. The van der Waals surface area contributed by atoms with Gasteiger partial charge in [0.2, 0.25) is 5.56 Å². The third-order valence-electron chi connectivity index (χ3n) is 3.98. The number of hydrogen-bond acceptors (Lipinski definition) is 5. The number of nitrogens with zero attached hydrogens (tertiary/aromatic N) is 1. The van der Waals surface area contributed by atoms with E-state index in [9.17, 15) is 14.4 Å². The van der Waals surface area contributed by atoms with Gasteiger partial charge in [-0.1, -0.05) is 29.8 Å². The summed E-state index contributed by atoms with van der Waals surface area (Å²) in [5, 5.41) is 12.1. The van der Waals surface area contributed by atoms with Crippen LogP contribution in [0.25, 0.3) is 10.9 Å². The topological polar surface area (TPSA) is 112 Å². The second-order valence-corrected chi connectivity index (χ2v) is 6.34. The van der Waals surface area contributed by atoms with E-state index in [1.165, 1.54) is 25.1 Å². The van der Waals surface area contributed by atoms with Crippen LogP contribution in [-0.4, -0.2) is 23.0 Å². The van der Waals surface area contributed by atoms with E-state index in [-0.39, 0.29) is 16.1 Å². The Bertz CT molecular complexity index is 1180. The van der Waals surface area contributed by atoms with Crippen molar-refractivity contribution >= 4 is 40.1 Å². The molecule has 3 rings (SSSR count). The fourth-order valence-corrected chi connectivity index (χ4v) is 2.80. The van der Waals surface area contributed by atoms with Gasteiger partial charge in [-0.3, -0.25) is 9.59 Å². The summed E-state index contributed by atoms with van der Waals surface area (Å²) in [6.07, 6.45) is -1.13. The zero-order chi connectivity index (χ0) is 20.3. The van der Waals surface area contributed by atoms with Crippen LogP contribution in [0.4, 0.5) is 5.69 Å². The van der Waals surface area contributed by atoms with Gasteiger partial charge < -0.3 is 15.0 Å². The Labute approximate surface area is 164 Å². The number of carbonyl (C=O) groups is 2. The molecule has 140 valence electrons. The number of anilines is 1. The number of carbonyl (C=O) groups excluding carboxylic acids is 2. The number of H-pyrrole nitrogens is 1. The van der Waals surface area contributed by atoms with Gasteiger partial charge in [-0.25, -0.2) is 4.79 Å². The van der Waals surface area contributed by atoms with Crippen LogP contribution in [0, 0.1) is 11.3 Å². The number of benzene rings is 2. The fourth-order valence-electron chi connectivity index (χ4n) is 2.58. The smallest absolute Gasteiger partial charge is 0.339 e. The van der Waals surface area contributed by atoms with Crippen molar-refractivity contribution in [3.05, 3.63) is 75.0 Å². The molecule has 0 saturated heterocycles. The van der Waals surface area contributed by atoms with Crippen molar-refractivity contribution in [2.45, 2.75) is 13.0 Å². The molecule has 1 amide bonds. The molecule has 1 unspecified atom stereocenters. The number of fused-ring (bicyclic) bond motifs is 1. The van der Waals surface area contributed by atoms with Crippen molar-refractivity contribution in [3.63, 3.8) is 0 Å². The lowest BCUT2D eigenvalue weighted by Gasteiger charge is -2.14. The third kappa shape index (κ3) is 4.03. The lowest BCUT2D eigenvalue weighted by Crippen LogP contribution is -2.30. The Morgan fingerprint density at radius 1 is 1.21 bits per heavy atom. The Balaban J connectivity index is 1.76. The minimum absolute atomic E-state index is 0.0698. The first-order chi connectivity index (χ1) is 13.4. The summed E-state index contributed by atoms with van der Waals surface area (Å²) in [4.78, 5) is 39.2. The number of ether oxygens (including phenoxy) is 1. The predicted octanol–water partition coefficient (Wildman–Crippen LogP) is 3.24. The molecule has 1 atom stereocenters. The molecule has 1 heterocycles. The lowest BCUT2D eigenvalue weighted by molar-refractivity contribution is -0.123. The molecule has 0 radical (unpaired) electrons. The summed E-state index contributed by atoms with van der Waals surface area (Å²) < 4.78 is 5.22. The van der Waals surface area contributed by atoms with Crippen molar-refractivity contribution < 1.29 is 14.3 Å². The summed E-state index contributed by atoms with van der Waals surface area (Å²) >= 11 is 5.94. The average molecular weight is 396 g/mol. The molecule has 8 heteroatoms. The van der Waals surface area contributed by atoms with Crippen LogP contribution >= 0.6 is 11.6 Å². The average Bonchev–Trinajstić information content (AvgIpc) is 2.67. The summed E-state index contributed by atoms with van der Waals surface area (Å²) in [5.41, 5.74) is 0.750.